The molecule has 0 radical (unpaired) electrons. The maximum absolute atomic E-state index is 5.31. The number of likely N-dealkylation sites (N-methyl/N-ethyl adjacent to an activating group) is 1. The second kappa shape index (κ2) is 6.19. The van der Waals surface area contributed by atoms with Gasteiger partial charge in [-0.25, -0.2) is 0 Å². The molecule has 1 aromatic rings. The fourth-order valence-corrected chi connectivity index (χ4v) is 2.19. The number of furan rings is 1. The summed E-state index contributed by atoms with van der Waals surface area (Å²) < 4.78 is 5.31. The molecule has 1 aliphatic rings. The van der Waals surface area contributed by atoms with Crippen molar-refractivity contribution in [3.8, 4) is 0 Å². The van der Waals surface area contributed by atoms with Crippen LogP contribution < -0.4 is 5.32 Å². The van der Waals surface area contributed by atoms with Crippen molar-refractivity contribution < 1.29 is 4.42 Å². The molecule has 0 unspecified atom stereocenters. The number of piperazine rings is 1. The number of hydrogen-bond acceptors (Lipinski definition) is 4. The number of hydrogen-bond donors (Lipinski definition) is 1. The Morgan fingerprint density at radius 3 is 2.82 bits per heavy atom. The highest BCUT2D eigenvalue weighted by atomic mass is 16.3. The zero-order chi connectivity index (χ0) is 12.1. The molecule has 0 bridgehead atoms. The molecule has 0 amide bonds. The molecule has 17 heavy (non-hydrogen) atoms. The van der Waals surface area contributed by atoms with Gasteiger partial charge in [0.15, 0.2) is 0 Å². The zero-order valence-electron chi connectivity index (χ0n) is 10.9. The van der Waals surface area contributed by atoms with Gasteiger partial charge in [0.05, 0.1) is 6.26 Å². The van der Waals surface area contributed by atoms with Gasteiger partial charge in [-0.1, -0.05) is 0 Å². The van der Waals surface area contributed by atoms with E-state index in [0.29, 0.717) is 0 Å². The molecule has 1 N–H and O–H groups in total. The molecule has 0 aromatic carbocycles. The van der Waals surface area contributed by atoms with Crippen molar-refractivity contribution >= 4 is 0 Å². The Morgan fingerprint density at radius 1 is 1.41 bits per heavy atom. The van der Waals surface area contributed by atoms with Crippen molar-refractivity contribution in [2.75, 3.05) is 46.3 Å². The van der Waals surface area contributed by atoms with Crippen LogP contribution in [0.1, 0.15) is 11.3 Å². The Hall–Kier alpha value is -0.840. The predicted octanol–water partition coefficient (Wildman–Crippen LogP) is 0.925. The van der Waals surface area contributed by atoms with E-state index < -0.39 is 0 Å². The van der Waals surface area contributed by atoms with Gasteiger partial charge in [0.2, 0.25) is 0 Å². The highest BCUT2D eigenvalue weighted by Crippen LogP contribution is 2.10. The van der Waals surface area contributed by atoms with Crippen molar-refractivity contribution in [2.45, 2.75) is 13.5 Å². The normalized spacial score (nSPS) is 17.8. The largest absolute Gasteiger partial charge is 0.469 e. The monoisotopic (exact) mass is 237 g/mol. The molecular formula is C13H23N3O. The lowest BCUT2D eigenvalue weighted by atomic mass is 10.2. The van der Waals surface area contributed by atoms with E-state index in [1.165, 1.54) is 18.7 Å². The standard InChI is InChI=1S/C13H23N3O/c1-12-13(3-10-17-12)11-15(2)8-9-16-6-4-14-5-7-16/h3,10,14H,4-9,11H2,1-2H3. The van der Waals surface area contributed by atoms with E-state index in [2.05, 4.69) is 28.2 Å². The van der Waals surface area contributed by atoms with E-state index in [-0.39, 0.29) is 0 Å². The van der Waals surface area contributed by atoms with E-state index in [1.54, 1.807) is 6.26 Å². The summed E-state index contributed by atoms with van der Waals surface area (Å²) in [6.45, 7) is 9.90. The van der Waals surface area contributed by atoms with Crippen molar-refractivity contribution in [3.63, 3.8) is 0 Å². The number of nitrogens with zero attached hydrogens (tertiary/aromatic N) is 2. The second-order valence-electron chi connectivity index (χ2n) is 4.83. The third-order valence-electron chi connectivity index (χ3n) is 3.41. The molecule has 1 fully saturated rings. The Balaban J connectivity index is 1.70. The fourth-order valence-electron chi connectivity index (χ4n) is 2.19. The van der Waals surface area contributed by atoms with Crippen molar-refractivity contribution in [1.82, 2.24) is 15.1 Å². The van der Waals surface area contributed by atoms with Crippen LogP contribution in [0.15, 0.2) is 16.7 Å². The minimum absolute atomic E-state index is 0.981. The van der Waals surface area contributed by atoms with Crippen molar-refractivity contribution in [1.29, 1.82) is 0 Å². The lowest BCUT2D eigenvalue weighted by Crippen LogP contribution is -2.45. The van der Waals surface area contributed by atoms with E-state index in [0.717, 1.165) is 38.5 Å². The van der Waals surface area contributed by atoms with Crippen LogP contribution in [0.25, 0.3) is 0 Å². The van der Waals surface area contributed by atoms with E-state index >= 15 is 0 Å². The third kappa shape index (κ3) is 3.84. The molecule has 1 saturated heterocycles. The van der Waals surface area contributed by atoms with Crippen molar-refractivity contribution in [3.05, 3.63) is 23.7 Å². The van der Waals surface area contributed by atoms with Crippen LogP contribution in [0.5, 0.6) is 0 Å². The maximum Gasteiger partial charge on any atom is 0.105 e. The van der Waals surface area contributed by atoms with Crippen molar-refractivity contribution in [2.24, 2.45) is 0 Å². The molecule has 0 saturated carbocycles. The molecular weight excluding hydrogens is 214 g/mol. The van der Waals surface area contributed by atoms with Gasteiger partial charge in [-0.2, -0.15) is 0 Å². The molecule has 0 atom stereocenters. The minimum atomic E-state index is 0.981. The van der Waals surface area contributed by atoms with Crippen LogP contribution in [-0.4, -0.2) is 56.1 Å². The highest BCUT2D eigenvalue weighted by Gasteiger charge is 2.11. The first-order valence-corrected chi connectivity index (χ1v) is 6.40. The summed E-state index contributed by atoms with van der Waals surface area (Å²) in [7, 11) is 2.18. The second-order valence-corrected chi connectivity index (χ2v) is 4.83. The van der Waals surface area contributed by atoms with E-state index in [1.807, 2.05) is 6.92 Å². The number of nitrogens with one attached hydrogen (secondary N) is 1. The molecule has 1 aliphatic heterocycles. The SMILES string of the molecule is Cc1occc1CN(C)CCN1CCNCC1. The Kier molecular flexibility index (Phi) is 4.59. The molecule has 0 aliphatic carbocycles. The first kappa shape index (κ1) is 12.6. The molecule has 4 heteroatoms. The summed E-state index contributed by atoms with van der Waals surface area (Å²) in [6.07, 6.45) is 1.77. The Labute approximate surface area is 104 Å². The molecule has 96 valence electrons. The number of aryl methyl sites for hydroxylation is 1. The molecule has 2 rings (SSSR count). The van der Waals surface area contributed by atoms with E-state index in [9.17, 15) is 0 Å². The lowest BCUT2D eigenvalue weighted by Gasteiger charge is -2.29. The van der Waals surface area contributed by atoms with Gasteiger partial charge in [0, 0.05) is 51.4 Å². The first-order valence-electron chi connectivity index (χ1n) is 6.40. The van der Waals surface area contributed by atoms with Crippen LogP contribution in [0, 0.1) is 6.92 Å². The Bertz CT molecular complexity index is 331. The summed E-state index contributed by atoms with van der Waals surface area (Å²) in [5, 5.41) is 3.38. The average molecular weight is 237 g/mol. The van der Waals surface area contributed by atoms with Gasteiger partial charge in [0.25, 0.3) is 0 Å². The molecule has 4 nitrogen and oxygen atoms in total. The predicted molar refractivity (Wildman–Crippen MR) is 69.1 cm³/mol. The molecule has 1 aromatic heterocycles. The van der Waals surface area contributed by atoms with Crippen LogP contribution in [0.4, 0.5) is 0 Å². The third-order valence-corrected chi connectivity index (χ3v) is 3.41. The van der Waals surface area contributed by atoms with Crippen LogP contribution >= 0.6 is 0 Å². The molecule has 0 spiro atoms. The Morgan fingerprint density at radius 2 is 2.18 bits per heavy atom. The molecule has 2 heterocycles. The van der Waals surface area contributed by atoms with Crippen LogP contribution in [0.2, 0.25) is 0 Å². The first-order chi connectivity index (χ1) is 8.25. The summed E-state index contributed by atoms with van der Waals surface area (Å²) in [5.41, 5.74) is 1.30. The van der Waals surface area contributed by atoms with Crippen LogP contribution in [-0.2, 0) is 6.54 Å². The summed E-state index contributed by atoms with van der Waals surface area (Å²) >= 11 is 0. The van der Waals surface area contributed by atoms with Gasteiger partial charge >= 0.3 is 0 Å². The average Bonchev–Trinajstić information content (AvgIpc) is 2.74. The highest BCUT2D eigenvalue weighted by molar-refractivity contribution is 5.14. The fraction of sp³-hybridized carbons (Fsp3) is 0.692. The summed E-state index contributed by atoms with van der Waals surface area (Å²) in [5.74, 6) is 1.04. The van der Waals surface area contributed by atoms with E-state index in [4.69, 9.17) is 4.42 Å². The van der Waals surface area contributed by atoms with Gasteiger partial charge in [-0.3, -0.25) is 4.90 Å². The summed E-state index contributed by atoms with van der Waals surface area (Å²) in [6, 6.07) is 2.07. The van der Waals surface area contributed by atoms with Gasteiger partial charge in [0.1, 0.15) is 5.76 Å². The zero-order valence-corrected chi connectivity index (χ0v) is 10.9. The lowest BCUT2D eigenvalue weighted by molar-refractivity contribution is 0.202. The number of rotatable bonds is 5. The maximum atomic E-state index is 5.31. The topological polar surface area (TPSA) is 31.7 Å². The smallest absolute Gasteiger partial charge is 0.105 e. The summed E-state index contributed by atoms with van der Waals surface area (Å²) in [4.78, 5) is 4.88. The quantitative estimate of drug-likeness (QED) is 0.825. The van der Waals surface area contributed by atoms with Gasteiger partial charge in [-0.05, 0) is 20.0 Å². The minimum Gasteiger partial charge on any atom is -0.469 e. The van der Waals surface area contributed by atoms with Gasteiger partial charge in [-0.15, -0.1) is 0 Å². The van der Waals surface area contributed by atoms with Crippen LogP contribution in [0.3, 0.4) is 0 Å². The van der Waals surface area contributed by atoms with Gasteiger partial charge < -0.3 is 14.6 Å².